The first-order chi connectivity index (χ1) is 17.6. The molecule has 1 heterocycles. The summed E-state index contributed by atoms with van der Waals surface area (Å²) in [6.07, 6.45) is 3.13. The standard InChI is InChI=1S/C26H26Cl3N3O4S/c27-18-3-1-17(2-4-18)26(9-10-26)24(33)32-13-21(37(34,35)23-6-5-19(28)11-22(23)29)12-20(32)14-36-16-31-25(15-30)7-8-25/h1-6,11,20-21,31H,7-10,12-14,16H2. The van der Waals surface area contributed by atoms with Crippen LogP contribution in [0.3, 0.4) is 0 Å². The van der Waals surface area contributed by atoms with E-state index in [9.17, 15) is 18.5 Å². The van der Waals surface area contributed by atoms with Crippen LogP contribution in [0.1, 0.15) is 37.7 Å². The number of carbonyl (C=O) groups excluding carboxylic acids is 1. The Morgan fingerprint density at radius 3 is 2.35 bits per heavy atom. The number of likely N-dealkylation sites (tertiary alicyclic amines) is 1. The predicted molar refractivity (Wildman–Crippen MR) is 141 cm³/mol. The van der Waals surface area contributed by atoms with Crippen LogP contribution in [-0.2, 0) is 24.8 Å². The minimum Gasteiger partial charge on any atom is -0.364 e. The summed E-state index contributed by atoms with van der Waals surface area (Å²) in [5.41, 5.74) is -0.342. The molecule has 5 rings (SSSR count). The summed E-state index contributed by atoms with van der Waals surface area (Å²) in [5.74, 6) is -0.105. The smallest absolute Gasteiger partial charge is 0.233 e. The van der Waals surface area contributed by atoms with Crippen molar-refractivity contribution in [3.8, 4) is 6.07 Å². The molecule has 196 valence electrons. The lowest BCUT2D eigenvalue weighted by Crippen LogP contribution is -2.45. The Balaban J connectivity index is 1.37. The first-order valence-corrected chi connectivity index (χ1v) is 14.8. The molecule has 37 heavy (non-hydrogen) atoms. The largest absolute Gasteiger partial charge is 0.364 e. The highest BCUT2D eigenvalue weighted by molar-refractivity contribution is 7.92. The molecule has 3 aliphatic rings. The van der Waals surface area contributed by atoms with Gasteiger partial charge in [-0.05, 0) is 68.0 Å². The fourth-order valence-corrected chi connectivity index (χ4v) is 7.66. The number of nitrogens with one attached hydrogen (secondary N) is 1. The van der Waals surface area contributed by atoms with E-state index < -0.39 is 32.1 Å². The molecule has 0 aromatic heterocycles. The fourth-order valence-electron chi connectivity index (χ4n) is 5.02. The zero-order chi connectivity index (χ0) is 26.4. The second kappa shape index (κ2) is 10.0. The third kappa shape index (κ3) is 5.23. The van der Waals surface area contributed by atoms with Gasteiger partial charge in [0, 0.05) is 16.6 Å². The lowest BCUT2D eigenvalue weighted by Gasteiger charge is -2.29. The van der Waals surface area contributed by atoms with Crippen molar-refractivity contribution in [2.75, 3.05) is 19.9 Å². The van der Waals surface area contributed by atoms with Crippen molar-refractivity contribution in [2.45, 2.75) is 59.2 Å². The molecule has 2 aliphatic carbocycles. The third-order valence-electron chi connectivity index (χ3n) is 7.62. The van der Waals surface area contributed by atoms with Gasteiger partial charge in [-0.25, -0.2) is 8.42 Å². The van der Waals surface area contributed by atoms with Crippen LogP contribution in [0.2, 0.25) is 15.1 Å². The molecule has 1 aliphatic heterocycles. The van der Waals surface area contributed by atoms with Crippen molar-refractivity contribution in [2.24, 2.45) is 0 Å². The predicted octanol–water partition coefficient (Wildman–Crippen LogP) is 4.74. The highest BCUT2D eigenvalue weighted by Gasteiger charge is 2.56. The van der Waals surface area contributed by atoms with Gasteiger partial charge < -0.3 is 9.64 Å². The number of nitrogens with zero attached hydrogens (tertiary/aromatic N) is 2. The Bertz CT molecular complexity index is 1350. The molecule has 0 radical (unpaired) electrons. The molecule has 3 fully saturated rings. The van der Waals surface area contributed by atoms with Crippen molar-refractivity contribution in [1.82, 2.24) is 10.2 Å². The quantitative estimate of drug-likeness (QED) is 0.339. The SMILES string of the molecule is N#CC1(NCOCC2CC(S(=O)(=O)c3ccc(Cl)cc3Cl)CN2C(=O)C2(c3ccc(Cl)cc3)CC2)CC1. The molecular formula is C26H26Cl3N3O4S. The van der Waals surface area contributed by atoms with Gasteiger partial charge in [0.05, 0.1) is 46.0 Å². The number of rotatable bonds is 9. The Hall–Kier alpha value is -1.86. The van der Waals surface area contributed by atoms with Gasteiger partial charge in [-0.2, -0.15) is 5.26 Å². The molecule has 2 saturated carbocycles. The second-order valence-electron chi connectivity index (χ2n) is 10.1. The third-order valence-corrected chi connectivity index (χ3v) is 10.7. The molecule has 2 aromatic carbocycles. The number of amides is 1. The molecule has 1 amide bonds. The normalized spacial score (nSPS) is 23.5. The van der Waals surface area contributed by atoms with Gasteiger partial charge in [-0.15, -0.1) is 0 Å². The molecule has 2 unspecified atom stereocenters. The number of benzene rings is 2. The second-order valence-corrected chi connectivity index (χ2v) is 13.5. The van der Waals surface area contributed by atoms with Crippen LogP contribution in [0.15, 0.2) is 47.4 Å². The molecular weight excluding hydrogens is 557 g/mol. The Labute approximate surface area is 231 Å². The highest BCUT2D eigenvalue weighted by atomic mass is 35.5. The summed E-state index contributed by atoms with van der Waals surface area (Å²) in [6.45, 7) is 0.339. The van der Waals surface area contributed by atoms with Crippen LogP contribution in [0.5, 0.6) is 0 Å². The average molecular weight is 583 g/mol. The molecule has 1 saturated heterocycles. The van der Waals surface area contributed by atoms with Crippen molar-refractivity contribution >= 4 is 50.5 Å². The van der Waals surface area contributed by atoms with E-state index in [1.54, 1.807) is 17.0 Å². The van der Waals surface area contributed by atoms with Gasteiger partial charge in [0.1, 0.15) is 5.54 Å². The van der Waals surface area contributed by atoms with Gasteiger partial charge in [-0.3, -0.25) is 10.1 Å². The molecule has 2 aromatic rings. The lowest BCUT2D eigenvalue weighted by molar-refractivity contribution is -0.136. The number of sulfone groups is 1. The molecule has 2 atom stereocenters. The van der Waals surface area contributed by atoms with Crippen molar-refractivity contribution in [3.63, 3.8) is 0 Å². The average Bonchev–Trinajstić information content (AvgIpc) is 3.79. The zero-order valence-electron chi connectivity index (χ0n) is 19.9. The fraction of sp³-hybridized carbons (Fsp3) is 0.462. The van der Waals surface area contributed by atoms with Gasteiger partial charge in [0.25, 0.3) is 0 Å². The molecule has 1 N–H and O–H groups in total. The Morgan fingerprint density at radius 2 is 1.76 bits per heavy atom. The number of hydrogen-bond acceptors (Lipinski definition) is 6. The van der Waals surface area contributed by atoms with E-state index in [1.165, 1.54) is 18.2 Å². The summed E-state index contributed by atoms with van der Waals surface area (Å²) in [7, 11) is -3.84. The van der Waals surface area contributed by atoms with E-state index in [4.69, 9.17) is 39.5 Å². The Morgan fingerprint density at radius 1 is 1.08 bits per heavy atom. The minimum atomic E-state index is -3.84. The van der Waals surface area contributed by atoms with Crippen LogP contribution in [0.25, 0.3) is 0 Å². The maximum Gasteiger partial charge on any atom is 0.233 e. The van der Waals surface area contributed by atoms with E-state index in [2.05, 4.69) is 11.4 Å². The van der Waals surface area contributed by atoms with E-state index in [1.807, 2.05) is 12.1 Å². The number of halogens is 3. The van der Waals surface area contributed by atoms with Gasteiger partial charge in [-0.1, -0.05) is 46.9 Å². The Kier molecular flexibility index (Phi) is 7.25. The van der Waals surface area contributed by atoms with Crippen LogP contribution in [0, 0.1) is 11.3 Å². The summed E-state index contributed by atoms with van der Waals surface area (Å²) in [5, 5.41) is 12.5. The summed E-state index contributed by atoms with van der Waals surface area (Å²) in [4.78, 5) is 15.6. The summed E-state index contributed by atoms with van der Waals surface area (Å²) >= 11 is 18.3. The minimum absolute atomic E-state index is 0.00253. The number of hydrogen-bond donors (Lipinski definition) is 1. The maximum absolute atomic E-state index is 13.9. The molecule has 0 spiro atoms. The van der Waals surface area contributed by atoms with Crippen molar-refractivity contribution < 1.29 is 17.9 Å². The van der Waals surface area contributed by atoms with Gasteiger partial charge in [0.2, 0.25) is 5.91 Å². The van der Waals surface area contributed by atoms with Crippen molar-refractivity contribution in [1.29, 1.82) is 5.26 Å². The van der Waals surface area contributed by atoms with Crippen LogP contribution in [0.4, 0.5) is 0 Å². The topological polar surface area (TPSA) is 99.5 Å². The maximum atomic E-state index is 13.9. The van der Waals surface area contributed by atoms with Crippen molar-refractivity contribution in [3.05, 3.63) is 63.1 Å². The monoisotopic (exact) mass is 581 g/mol. The van der Waals surface area contributed by atoms with Crippen LogP contribution in [-0.4, -0.2) is 55.9 Å². The van der Waals surface area contributed by atoms with E-state index >= 15 is 0 Å². The first-order valence-electron chi connectivity index (χ1n) is 12.1. The van der Waals surface area contributed by atoms with Gasteiger partial charge >= 0.3 is 0 Å². The molecule has 7 nitrogen and oxygen atoms in total. The number of carbonyl (C=O) groups is 1. The van der Waals surface area contributed by atoms with E-state index in [0.29, 0.717) is 22.9 Å². The van der Waals surface area contributed by atoms with Gasteiger partial charge in [0.15, 0.2) is 9.84 Å². The first kappa shape index (κ1) is 26.7. The van der Waals surface area contributed by atoms with Crippen LogP contribution < -0.4 is 5.32 Å². The van der Waals surface area contributed by atoms with E-state index in [-0.39, 0.29) is 42.1 Å². The van der Waals surface area contributed by atoms with Crippen LogP contribution >= 0.6 is 34.8 Å². The van der Waals surface area contributed by atoms with E-state index in [0.717, 1.165) is 18.4 Å². The summed E-state index contributed by atoms with van der Waals surface area (Å²) < 4.78 is 33.0. The summed E-state index contributed by atoms with van der Waals surface area (Å²) in [6, 6.07) is 13.4. The number of ether oxygens (including phenoxy) is 1. The molecule has 0 bridgehead atoms. The number of nitriles is 1. The lowest BCUT2D eigenvalue weighted by atomic mass is 9.94. The zero-order valence-corrected chi connectivity index (χ0v) is 23.0. The highest BCUT2D eigenvalue weighted by Crippen LogP contribution is 2.51. The molecule has 11 heteroatoms.